The van der Waals surface area contributed by atoms with E-state index < -0.39 is 0 Å². The zero-order valence-electron chi connectivity index (χ0n) is 11.8. The lowest BCUT2D eigenvalue weighted by atomic mass is 9.98. The van der Waals surface area contributed by atoms with Crippen molar-refractivity contribution in [1.29, 1.82) is 5.26 Å². The van der Waals surface area contributed by atoms with Crippen molar-refractivity contribution in [3.05, 3.63) is 17.5 Å². The van der Waals surface area contributed by atoms with Crippen molar-refractivity contribution in [3.63, 3.8) is 0 Å². The number of nitrogens with zero attached hydrogens (tertiary/aromatic N) is 4. The lowest BCUT2D eigenvalue weighted by Crippen LogP contribution is -2.39. The number of piperidine rings is 1. The van der Waals surface area contributed by atoms with Gasteiger partial charge in [0.15, 0.2) is 0 Å². The minimum absolute atomic E-state index is 0.0262. The second-order valence-corrected chi connectivity index (χ2v) is 5.43. The molecular formula is C14H20N4O. The summed E-state index contributed by atoms with van der Waals surface area (Å²) in [6, 6.07) is 4.16. The molecule has 0 bridgehead atoms. The number of likely N-dealkylation sites (tertiary alicyclic amines) is 1. The number of aryl methyl sites for hydroxylation is 1. The highest BCUT2D eigenvalue weighted by atomic mass is 16.2. The van der Waals surface area contributed by atoms with Gasteiger partial charge in [0.25, 0.3) is 5.91 Å². The fourth-order valence-electron chi connectivity index (χ4n) is 2.35. The summed E-state index contributed by atoms with van der Waals surface area (Å²) in [6.07, 6.45) is 1.55. The molecule has 5 nitrogen and oxygen atoms in total. The third kappa shape index (κ3) is 2.78. The zero-order chi connectivity index (χ0) is 14.0. The average Bonchev–Trinajstić information content (AvgIpc) is 2.80. The highest BCUT2D eigenvalue weighted by Crippen LogP contribution is 2.20. The molecule has 0 N–H and O–H groups in total. The summed E-state index contributed by atoms with van der Waals surface area (Å²) in [5.74, 6) is 0.442. The quantitative estimate of drug-likeness (QED) is 0.816. The van der Waals surface area contributed by atoms with Gasteiger partial charge in [0.2, 0.25) is 0 Å². The number of hydrogen-bond donors (Lipinski definition) is 0. The smallest absolute Gasteiger partial charge is 0.272 e. The van der Waals surface area contributed by atoms with Crippen LogP contribution in [0.3, 0.4) is 0 Å². The van der Waals surface area contributed by atoms with Gasteiger partial charge in [-0.25, -0.2) is 0 Å². The van der Waals surface area contributed by atoms with Crippen LogP contribution in [0.5, 0.6) is 0 Å². The van der Waals surface area contributed by atoms with Gasteiger partial charge in [0.1, 0.15) is 5.69 Å². The van der Waals surface area contributed by atoms with Crippen molar-refractivity contribution in [3.8, 4) is 6.07 Å². The van der Waals surface area contributed by atoms with Gasteiger partial charge in [-0.05, 0) is 24.8 Å². The molecule has 2 heterocycles. The number of aromatic nitrogens is 2. The summed E-state index contributed by atoms with van der Waals surface area (Å²) in [5.41, 5.74) is 1.58. The van der Waals surface area contributed by atoms with Crippen molar-refractivity contribution in [2.45, 2.75) is 32.6 Å². The van der Waals surface area contributed by atoms with E-state index in [2.05, 4.69) is 25.0 Å². The van der Waals surface area contributed by atoms with E-state index >= 15 is 0 Å². The van der Waals surface area contributed by atoms with Gasteiger partial charge >= 0.3 is 0 Å². The van der Waals surface area contributed by atoms with E-state index in [-0.39, 0.29) is 11.8 Å². The van der Waals surface area contributed by atoms with E-state index in [0.29, 0.717) is 24.7 Å². The van der Waals surface area contributed by atoms with Crippen molar-refractivity contribution < 1.29 is 4.79 Å². The van der Waals surface area contributed by atoms with Crippen LogP contribution in [0.15, 0.2) is 6.07 Å². The predicted molar refractivity (Wildman–Crippen MR) is 71.5 cm³/mol. The average molecular weight is 260 g/mol. The Bertz CT molecular complexity index is 504. The van der Waals surface area contributed by atoms with Crippen LogP contribution in [0.1, 0.15) is 48.8 Å². The van der Waals surface area contributed by atoms with Gasteiger partial charge in [0.05, 0.1) is 11.8 Å². The van der Waals surface area contributed by atoms with E-state index in [1.54, 1.807) is 11.7 Å². The Labute approximate surface area is 113 Å². The standard InChI is InChI=1S/C14H20N4O/c1-10(2)12-8-13(17(3)16-12)14(19)18-6-4-11(9-15)5-7-18/h8,10-11H,4-7H2,1-3H3. The van der Waals surface area contributed by atoms with Crippen LogP contribution in [0.25, 0.3) is 0 Å². The van der Waals surface area contributed by atoms with Crippen molar-refractivity contribution >= 4 is 5.91 Å². The molecule has 102 valence electrons. The Morgan fingerprint density at radius 2 is 2.11 bits per heavy atom. The van der Waals surface area contributed by atoms with Crippen molar-refractivity contribution in [2.75, 3.05) is 13.1 Å². The molecule has 2 rings (SSSR count). The minimum Gasteiger partial charge on any atom is -0.337 e. The zero-order valence-corrected chi connectivity index (χ0v) is 11.8. The molecule has 0 aromatic carbocycles. The number of amides is 1. The molecule has 0 saturated carbocycles. The molecule has 0 radical (unpaired) electrons. The number of carbonyl (C=O) groups is 1. The van der Waals surface area contributed by atoms with Gasteiger partial charge in [-0.3, -0.25) is 9.48 Å². The van der Waals surface area contributed by atoms with Gasteiger partial charge < -0.3 is 4.90 Å². The fraction of sp³-hybridized carbons (Fsp3) is 0.643. The molecule has 0 spiro atoms. The third-order valence-electron chi connectivity index (χ3n) is 3.67. The topological polar surface area (TPSA) is 61.9 Å². The molecule has 1 fully saturated rings. The second-order valence-electron chi connectivity index (χ2n) is 5.43. The van der Waals surface area contributed by atoms with Crippen molar-refractivity contribution in [2.24, 2.45) is 13.0 Å². The van der Waals surface area contributed by atoms with E-state index in [1.165, 1.54) is 0 Å². The van der Waals surface area contributed by atoms with Gasteiger partial charge in [-0.15, -0.1) is 0 Å². The van der Waals surface area contributed by atoms with Gasteiger partial charge in [0, 0.05) is 26.1 Å². The first-order chi connectivity index (χ1) is 9.02. The van der Waals surface area contributed by atoms with Crippen LogP contribution in [0.2, 0.25) is 0 Å². The molecule has 1 aromatic rings. The monoisotopic (exact) mass is 260 g/mol. The largest absolute Gasteiger partial charge is 0.337 e. The van der Waals surface area contributed by atoms with Crippen LogP contribution in [-0.4, -0.2) is 33.7 Å². The van der Waals surface area contributed by atoms with E-state index in [1.807, 2.05) is 11.0 Å². The van der Waals surface area contributed by atoms with Crippen molar-refractivity contribution in [1.82, 2.24) is 14.7 Å². The summed E-state index contributed by atoms with van der Waals surface area (Å²) >= 11 is 0. The Morgan fingerprint density at radius 1 is 1.47 bits per heavy atom. The van der Waals surface area contributed by atoms with E-state index in [0.717, 1.165) is 18.5 Å². The number of carbonyl (C=O) groups excluding carboxylic acids is 1. The summed E-state index contributed by atoms with van der Waals surface area (Å²) < 4.78 is 1.66. The van der Waals surface area contributed by atoms with E-state index in [4.69, 9.17) is 5.26 Å². The highest BCUT2D eigenvalue weighted by molar-refractivity contribution is 5.92. The maximum absolute atomic E-state index is 12.4. The fourth-order valence-corrected chi connectivity index (χ4v) is 2.35. The van der Waals surface area contributed by atoms with Crippen LogP contribution in [0, 0.1) is 17.2 Å². The molecule has 0 atom stereocenters. The molecular weight excluding hydrogens is 240 g/mol. The highest BCUT2D eigenvalue weighted by Gasteiger charge is 2.25. The molecule has 0 aliphatic carbocycles. The number of hydrogen-bond acceptors (Lipinski definition) is 3. The molecule has 19 heavy (non-hydrogen) atoms. The normalized spacial score (nSPS) is 16.7. The van der Waals surface area contributed by atoms with Crippen LogP contribution in [-0.2, 0) is 7.05 Å². The lowest BCUT2D eigenvalue weighted by molar-refractivity contribution is 0.0696. The number of nitriles is 1. The lowest BCUT2D eigenvalue weighted by Gasteiger charge is -2.28. The molecule has 1 aromatic heterocycles. The first-order valence-corrected chi connectivity index (χ1v) is 6.75. The van der Waals surface area contributed by atoms with E-state index in [9.17, 15) is 4.79 Å². The van der Waals surface area contributed by atoms with Gasteiger partial charge in [-0.2, -0.15) is 10.4 Å². The Morgan fingerprint density at radius 3 is 2.58 bits per heavy atom. The Hall–Kier alpha value is -1.83. The maximum Gasteiger partial charge on any atom is 0.272 e. The SMILES string of the molecule is CC(C)c1cc(C(=O)N2CCC(C#N)CC2)n(C)n1. The Balaban J connectivity index is 2.10. The first-order valence-electron chi connectivity index (χ1n) is 6.75. The molecule has 1 saturated heterocycles. The molecule has 5 heteroatoms. The second kappa shape index (κ2) is 5.43. The molecule has 1 aliphatic rings. The predicted octanol–water partition coefficient (Wildman–Crippen LogP) is 1.92. The van der Waals surface area contributed by atoms with Gasteiger partial charge in [-0.1, -0.05) is 13.8 Å². The summed E-state index contributed by atoms with van der Waals surface area (Å²) in [6.45, 7) is 5.46. The summed E-state index contributed by atoms with van der Waals surface area (Å²) in [7, 11) is 1.81. The van der Waals surface area contributed by atoms with Crippen LogP contribution < -0.4 is 0 Å². The maximum atomic E-state index is 12.4. The van der Waals surface area contributed by atoms with Crippen LogP contribution >= 0.6 is 0 Å². The molecule has 1 aliphatic heterocycles. The molecule has 1 amide bonds. The Kier molecular flexibility index (Phi) is 3.89. The molecule has 0 unspecified atom stereocenters. The summed E-state index contributed by atoms with van der Waals surface area (Å²) in [4.78, 5) is 14.3. The third-order valence-corrected chi connectivity index (χ3v) is 3.67. The minimum atomic E-state index is 0.0262. The van der Waals surface area contributed by atoms with Crippen LogP contribution in [0.4, 0.5) is 0 Å². The summed E-state index contributed by atoms with van der Waals surface area (Å²) in [5, 5.41) is 13.2. The first kappa shape index (κ1) is 13.6. The number of rotatable bonds is 2.